The van der Waals surface area contributed by atoms with Crippen molar-refractivity contribution in [3.63, 3.8) is 0 Å². The summed E-state index contributed by atoms with van der Waals surface area (Å²) in [5.41, 5.74) is 7.16. The van der Waals surface area contributed by atoms with Gasteiger partial charge in [-0.2, -0.15) is 5.26 Å². The van der Waals surface area contributed by atoms with Crippen molar-refractivity contribution in [2.45, 2.75) is 33.3 Å². The fourth-order valence-corrected chi connectivity index (χ4v) is 3.42. The Balaban J connectivity index is 1.39. The van der Waals surface area contributed by atoms with Gasteiger partial charge in [-0.05, 0) is 61.2 Å². The average Bonchev–Trinajstić information content (AvgIpc) is 2.86. The molecule has 0 bridgehead atoms. The quantitative estimate of drug-likeness (QED) is 0.408. The highest BCUT2D eigenvalue weighted by atomic mass is 16.5. The number of hydrogen-bond donors (Lipinski definition) is 3. The third-order valence-electron chi connectivity index (χ3n) is 5.31. The van der Waals surface area contributed by atoms with Crippen LogP contribution in [0.2, 0.25) is 0 Å². The molecule has 35 heavy (non-hydrogen) atoms. The van der Waals surface area contributed by atoms with Gasteiger partial charge in [0.05, 0.1) is 0 Å². The number of rotatable bonds is 9. The number of benzene rings is 2. The summed E-state index contributed by atoms with van der Waals surface area (Å²) in [4.78, 5) is 38.5. The number of nitrogens with one attached hydrogen (secondary N) is 3. The molecule has 0 unspecified atom stereocenters. The lowest BCUT2D eigenvalue weighted by Crippen LogP contribution is -2.43. The van der Waals surface area contributed by atoms with Crippen LogP contribution in [0.3, 0.4) is 0 Å². The maximum atomic E-state index is 12.1. The summed E-state index contributed by atoms with van der Waals surface area (Å²) in [7, 11) is 0. The lowest BCUT2D eigenvalue weighted by atomic mass is 9.99. The molecule has 0 aliphatic carbocycles. The summed E-state index contributed by atoms with van der Waals surface area (Å²) in [6.45, 7) is 3.55. The van der Waals surface area contributed by atoms with Crippen LogP contribution in [0.15, 0.2) is 59.4 Å². The van der Waals surface area contributed by atoms with Crippen molar-refractivity contribution in [1.29, 1.82) is 5.26 Å². The number of hydrazine groups is 1. The van der Waals surface area contributed by atoms with Crippen molar-refractivity contribution in [2.24, 2.45) is 0 Å². The Morgan fingerprint density at radius 1 is 0.943 bits per heavy atom. The second-order valence-corrected chi connectivity index (χ2v) is 7.80. The van der Waals surface area contributed by atoms with E-state index in [1.807, 2.05) is 36.4 Å². The number of amides is 2. The van der Waals surface area contributed by atoms with Gasteiger partial charge in [0, 0.05) is 12.1 Å². The highest BCUT2D eigenvalue weighted by molar-refractivity contribution is 5.82. The van der Waals surface area contributed by atoms with Crippen LogP contribution in [0.25, 0.3) is 0 Å². The number of carbonyl (C=O) groups excluding carboxylic acids is 2. The lowest BCUT2D eigenvalue weighted by molar-refractivity contribution is -0.130. The Bertz CT molecular complexity index is 1280. The third-order valence-corrected chi connectivity index (χ3v) is 5.31. The van der Waals surface area contributed by atoms with Gasteiger partial charge in [0.2, 0.25) is 5.91 Å². The van der Waals surface area contributed by atoms with Crippen LogP contribution in [0.1, 0.15) is 34.4 Å². The molecule has 2 amide bonds. The maximum absolute atomic E-state index is 12.1. The topological polar surface area (TPSA) is 133 Å². The van der Waals surface area contributed by atoms with Crippen LogP contribution in [0, 0.1) is 25.2 Å². The van der Waals surface area contributed by atoms with Gasteiger partial charge in [-0.15, -0.1) is 0 Å². The molecule has 3 N–H and O–H groups in total. The number of H-pyrrole nitrogens is 1. The van der Waals surface area contributed by atoms with E-state index in [9.17, 15) is 14.4 Å². The normalized spacial score (nSPS) is 10.2. The molecule has 9 heteroatoms. The summed E-state index contributed by atoms with van der Waals surface area (Å²) >= 11 is 0. The smallest absolute Gasteiger partial charge is 0.276 e. The molecule has 0 spiro atoms. The summed E-state index contributed by atoms with van der Waals surface area (Å²) < 4.78 is 11.1. The van der Waals surface area contributed by atoms with E-state index in [4.69, 9.17) is 14.7 Å². The third kappa shape index (κ3) is 7.20. The molecule has 0 aliphatic heterocycles. The number of pyridine rings is 1. The van der Waals surface area contributed by atoms with E-state index in [2.05, 4.69) is 15.8 Å². The molecule has 1 heterocycles. The predicted octanol–water partition coefficient (Wildman–Crippen LogP) is 2.60. The van der Waals surface area contributed by atoms with Gasteiger partial charge in [-0.1, -0.05) is 30.3 Å². The minimum absolute atomic E-state index is 0.0345. The molecule has 180 valence electrons. The first-order chi connectivity index (χ1) is 16.9. The summed E-state index contributed by atoms with van der Waals surface area (Å²) in [6, 6.07) is 18.5. The van der Waals surface area contributed by atoms with E-state index in [1.165, 1.54) is 0 Å². The van der Waals surface area contributed by atoms with E-state index in [-0.39, 0.29) is 18.6 Å². The minimum Gasteiger partial charge on any atom is -0.489 e. The molecule has 2 aromatic carbocycles. The molecule has 3 aromatic rings. The van der Waals surface area contributed by atoms with E-state index >= 15 is 0 Å². The maximum Gasteiger partial charge on any atom is 0.276 e. The second kappa shape index (κ2) is 12.0. The zero-order chi connectivity index (χ0) is 25.2. The Kier molecular flexibility index (Phi) is 8.62. The number of nitriles is 1. The molecule has 0 radical (unpaired) electrons. The van der Waals surface area contributed by atoms with Gasteiger partial charge in [-0.3, -0.25) is 25.2 Å². The van der Waals surface area contributed by atoms with Crippen LogP contribution in [-0.2, 0) is 22.6 Å². The zero-order valence-electron chi connectivity index (χ0n) is 19.5. The zero-order valence-corrected chi connectivity index (χ0v) is 19.5. The van der Waals surface area contributed by atoms with E-state index in [0.717, 1.165) is 11.1 Å². The van der Waals surface area contributed by atoms with Crippen LogP contribution in [0.5, 0.6) is 11.5 Å². The standard InChI is InChI=1S/C26H26N4O5/c1-17-22(18(2)28-26(33)23(17)14-27)12-13-24(31)29-30-25(32)16-35-21-10-8-20(9-11-21)34-15-19-6-4-3-5-7-19/h3-11H,12-13,15-16H2,1-2H3,(H,28,33)(H,29,31)(H,30,32). The first-order valence-electron chi connectivity index (χ1n) is 11.0. The largest absolute Gasteiger partial charge is 0.489 e. The SMILES string of the molecule is Cc1[nH]c(=O)c(C#N)c(C)c1CCC(=O)NNC(=O)COc1ccc(OCc2ccccc2)cc1. The number of hydrogen-bond acceptors (Lipinski definition) is 6. The fraction of sp³-hybridized carbons (Fsp3) is 0.231. The van der Waals surface area contributed by atoms with E-state index in [1.54, 1.807) is 38.1 Å². The monoisotopic (exact) mass is 474 g/mol. The van der Waals surface area contributed by atoms with Crippen molar-refractivity contribution in [3.05, 3.63) is 92.9 Å². The molecule has 9 nitrogen and oxygen atoms in total. The van der Waals surface area contributed by atoms with Gasteiger partial charge in [0.15, 0.2) is 6.61 Å². The summed E-state index contributed by atoms with van der Waals surface area (Å²) in [6.07, 6.45) is 0.365. The fourth-order valence-electron chi connectivity index (χ4n) is 3.42. The van der Waals surface area contributed by atoms with Gasteiger partial charge >= 0.3 is 0 Å². The number of aromatic amines is 1. The van der Waals surface area contributed by atoms with Crippen molar-refractivity contribution >= 4 is 11.8 Å². The number of aromatic nitrogens is 1. The van der Waals surface area contributed by atoms with Gasteiger partial charge in [0.25, 0.3) is 11.5 Å². The Labute approximate surface area is 202 Å². The Morgan fingerprint density at radius 2 is 1.57 bits per heavy atom. The molecule has 0 fully saturated rings. The first-order valence-corrected chi connectivity index (χ1v) is 11.0. The van der Waals surface area contributed by atoms with Crippen LogP contribution in [-0.4, -0.2) is 23.4 Å². The molecule has 0 saturated heterocycles. The van der Waals surface area contributed by atoms with E-state index < -0.39 is 17.4 Å². The Morgan fingerprint density at radius 3 is 2.23 bits per heavy atom. The molecule has 0 aliphatic rings. The van der Waals surface area contributed by atoms with Crippen molar-refractivity contribution < 1.29 is 19.1 Å². The van der Waals surface area contributed by atoms with E-state index in [0.29, 0.717) is 35.8 Å². The van der Waals surface area contributed by atoms with Crippen LogP contribution in [0.4, 0.5) is 0 Å². The second-order valence-electron chi connectivity index (χ2n) is 7.80. The number of ether oxygens (including phenoxy) is 2. The average molecular weight is 475 g/mol. The highest BCUT2D eigenvalue weighted by Crippen LogP contribution is 2.19. The van der Waals surface area contributed by atoms with Crippen LogP contribution < -0.4 is 25.9 Å². The summed E-state index contributed by atoms with van der Waals surface area (Å²) in [5, 5.41) is 9.14. The highest BCUT2D eigenvalue weighted by Gasteiger charge is 2.14. The lowest BCUT2D eigenvalue weighted by Gasteiger charge is -2.12. The molecule has 1 aromatic heterocycles. The van der Waals surface area contributed by atoms with Gasteiger partial charge < -0.3 is 14.5 Å². The van der Waals surface area contributed by atoms with Gasteiger partial charge in [-0.25, -0.2) is 0 Å². The number of carbonyl (C=O) groups is 2. The summed E-state index contributed by atoms with van der Waals surface area (Å²) in [5.74, 6) is 0.219. The molecular formula is C26H26N4O5. The minimum atomic E-state index is -0.522. The van der Waals surface area contributed by atoms with Gasteiger partial charge in [0.1, 0.15) is 29.7 Å². The first kappa shape index (κ1) is 25.1. The molecule has 0 saturated carbocycles. The molecule has 3 rings (SSSR count). The predicted molar refractivity (Wildman–Crippen MR) is 129 cm³/mol. The van der Waals surface area contributed by atoms with Crippen molar-refractivity contribution in [2.75, 3.05) is 6.61 Å². The number of nitrogens with zero attached hydrogens (tertiary/aromatic N) is 1. The molecular weight excluding hydrogens is 448 g/mol. The van der Waals surface area contributed by atoms with Crippen molar-refractivity contribution in [3.8, 4) is 17.6 Å². The molecule has 0 atom stereocenters. The van der Waals surface area contributed by atoms with Crippen LogP contribution >= 0.6 is 0 Å². The van der Waals surface area contributed by atoms with Crippen molar-refractivity contribution in [1.82, 2.24) is 15.8 Å². The number of aryl methyl sites for hydroxylation is 1. The Hall–Kier alpha value is -4.58.